The molecule has 0 aromatic carbocycles. The van der Waals surface area contributed by atoms with Gasteiger partial charge in [-0.3, -0.25) is 0 Å². The van der Waals surface area contributed by atoms with Gasteiger partial charge in [-0.15, -0.1) is 0 Å². The number of aliphatic hydroxyl groups is 1. The lowest BCUT2D eigenvalue weighted by Crippen LogP contribution is -2.34. The van der Waals surface area contributed by atoms with E-state index in [9.17, 15) is 5.11 Å². The van der Waals surface area contributed by atoms with Crippen LogP contribution in [0.25, 0.3) is 0 Å². The van der Waals surface area contributed by atoms with Gasteiger partial charge in [0.1, 0.15) is 5.82 Å². The fraction of sp³-hybridized carbons (Fsp3) is 0.643. The zero-order valence-corrected chi connectivity index (χ0v) is 11.5. The molecule has 96 valence electrons. The third kappa shape index (κ3) is 4.00. The van der Waals surface area contributed by atoms with E-state index in [0.29, 0.717) is 12.0 Å². The SMILES string of the molecule is CC(C)CN(c1ccc(C(C)O)cn1)C(C)C. The summed E-state index contributed by atoms with van der Waals surface area (Å²) in [5.41, 5.74) is 0.863. The molecule has 0 aliphatic heterocycles. The number of nitrogens with zero attached hydrogens (tertiary/aromatic N) is 2. The van der Waals surface area contributed by atoms with Crippen LogP contribution in [0, 0.1) is 5.92 Å². The van der Waals surface area contributed by atoms with Crippen molar-refractivity contribution in [3.8, 4) is 0 Å². The van der Waals surface area contributed by atoms with E-state index < -0.39 is 6.10 Å². The first kappa shape index (κ1) is 14.0. The van der Waals surface area contributed by atoms with Crippen molar-refractivity contribution >= 4 is 5.82 Å². The lowest BCUT2D eigenvalue weighted by Gasteiger charge is -2.29. The van der Waals surface area contributed by atoms with Gasteiger partial charge < -0.3 is 10.0 Å². The molecule has 0 spiro atoms. The third-order valence-corrected chi connectivity index (χ3v) is 2.73. The molecule has 1 N–H and O–H groups in total. The second-order valence-corrected chi connectivity index (χ2v) is 5.27. The van der Waals surface area contributed by atoms with Crippen LogP contribution in [0.2, 0.25) is 0 Å². The first-order valence-corrected chi connectivity index (χ1v) is 6.32. The molecule has 0 saturated heterocycles. The minimum atomic E-state index is -0.450. The maximum atomic E-state index is 9.45. The summed E-state index contributed by atoms with van der Waals surface area (Å²) in [5, 5.41) is 9.45. The zero-order valence-electron chi connectivity index (χ0n) is 11.5. The quantitative estimate of drug-likeness (QED) is 0.853. The molecule has 0 aliphatic carbocycles. The third-order valence-electron chi connectivity index (χ3n) is 2.73. The van der Waals surface area contributed by atoms with Crippen LogP contribution < -0.4 is 4.90 Å². The predicted molar refractivity (Wildman–Crippen MR) is 72.2 cm³/mol. The minimum Gasteiger partial charge on any atom is -0.389 e. The Labute approximate surface area is 104 Å². The molecule has 17 heavy (non-hydrogen) atoms. The molecule has 1 rings (SSSR count). The van der Waals surface area contributed by atoms with Crippen LogP contribution in [0.5, 0.6) is 0 Å². The summed E-state index contributed by atoms with van der Waals surface area (Å²) in [5.74, 6) is 1.59. The maximum absolute atomic E-state index is 9.45. The van der Waals surface area contributed by atoms with E-state index in [-0.39, 0.29) is 0 Å². The number of anilines is 1. The van der Waals surface area contributed by atoms with Crippen molar-refractivity contribution in [1.29, 1.82) is 0 Å². The number of hydrogen-bond donors (Lipinski definition) is 1. The molecule has 1 atom stereocenters. The van der Waals surface area contributed by atoms with Gasteiger partial charge in [-0.1, -0.05) is 19.9 Å². The summed E-state index contributed by atoms with van der Waals surface area (Å²) in [4.78, 5) is 6.73. The van der Waals surface area contributed by atoms with Crippen LogP contribution in [-0.4, -0.2) is 22.7 Å². The number of aliphatic hydroxyl groups excluding tert-OH is 1. The summed E-state index contributed by atoms with van der Waals surface area (Å²) in [7, 11) is 0. The van der Waals surface area contributed by atoms with Crippen molar-refractivity contribution in [1.82, 2.24) is 4.98 Å². The smallest absolute Gasteiger partial charge is 0.128 e. The van der Waals surface area contributed by atoms with Crippen LogP contribution in [0.15, 0.2) is 18.3 Å². The van der Waals surface area contributed by atoms with Gasteiger partial charge >= 0.3 is 0 Å². The topological polar surface area (TPSA) is 36.4 Å². The lowest BCUT2D eigenvalue weighted by atomic mass is 10.1. The molecule has 0 amide bonds. The Morgan fingerprint density at radius 2 is 1.82 bits per heavy atom. The highest BCUT2D eigenvalue weighted by Crippen LogP contribution is 2.18. The van der Waals surface area contributed by atoms with Crippen molar-refractivity contribution in [3.63, 3.8) is 0 Å². The Morgan fingerprint density at radius 1 is 1.18 bits per heavy atom. The summed E-state index contributed by atoms with van der Waals surface area (Å²) >= 11 is 0. The van der Waals surface area contributed by atoms with E-state index in [1.54, 1.807) is 13.1 Å². The molecule has 0 radical (unpaired) electrons. The van der Waals surface area contributed by atoms with Crippen LogP contribution in [0.1, 0.15) is 46.3 Å². The summed E-state index contributed by atoms with van der Waals surface area (Å²) in [6.45, 7) is 11.5. The fourth-order valence-electron chi connectivity index (χ4n) is 1.78. The first-order valence-electron chi connectivity index (χ1n) is 6.32. The highest BCUT2D eigenvalue weighted by molar-refractivity contribution is 5.40. The Balaban J connectivity index is 2.87. The van der Waals surface area contributed by atoms with Gasteiger partial charge in [0.15, 0.2) is 0 Å². The van der Waals surface area contributed by atoms with Crippen LogP contribution in [-0.2, 0) is 0 Å². The monoisotopic (exact) mass is 236 g/mol. The largest absolute Gasteiger partial charge is 0.389 e. The number of aromatic nitrogens is 1. The van der Waals surface area contributed by atoms with Crippen LogP contribution in [0.3, 0.4) is 0 Å². The molecule has 1 heterocycles. The Hall–Kier alpha value is -1.09. The van der Waals surface area contributed by atoms with E-state index in [2.05, 4.69) is 37.6 Å². The van der Waals surface area contributed by atoms with E-state index in [1.165, 1.54) is 0 Å². The minimum absolute atomic E-state index is 0.433. The molecule has 3 nitrogen and oxygen atoms in total. The van der Waals surface area contributed by atoms with Gasteiger partial charge in [0.05, 0.1) is 6.10 Å². The Bertz CT molecular complexity index is 331. The molecule has 0 saturated carbocycles. The molecule has 0 bridgehead atoms. The van der Waals surface area contributed by atoms with Gasteiger partial charge in [0.25, 0.3) is 0 Å². The average Bonchev–Trinajstić information content (AvgIpc) is 2.25. The summed E-state index contributed by atoms with van der Waals surface area (Å²) < 4.78 is 0. The summed E-state index contributed by atoms with van der Waals surface area (Å²) in [6.07, 6.45) is 1.31. The van der Waals surface area contributed by atoms with E-state index in [0.717, 1.165) is 17.9 Å². The molecular weight excluding hydrogens is 212 g/mol. The lowest BCUT2D eigenvalue weighted by molar-refractivity contribution is 0.199. The Kier molecular flexibility index (Phi) is 4.94. The average molecular weight is 236 g/mol. The number of pyridine rings is 1. The van der Waals surface area contributed by atoms with E-state index in [1.807, 2.05) is 12.1 Å². The molecule has 1 aromatic rings. The molecule has 0 aliphatic rings. The van der Waals surface area contributed by atoms with Crippen molar-refractivity contribution in [2.45, 2.75) is 46.8 Å². The standard InChI is InChI=1S/C14H24N2O/c1-10(2)9-16(11(3)4)14-7-6-13(8-15-14)12(5)17/h6-8,10-12,17H,9H2,1-5H3. The second kappa shape index (κ2) is 6.01. The summed E-state index contributed by atoms with van der Waals surface area (Å²) in [6, 6.07) is 4.37. The van der Waals surface area contributed by atoms with E-state index >= 15 is 0 Å². The molecule has 3 heteroatoms. The fourth-order valence-corrected chi connectivity index (χ4v) is 1.78. The normalized spacial score (nSPS) is 13.2. The van der Waals surface area contributed by atoms with Gasteiger partial charge in [-0.2, -0.15) is 0 Å². The Morgan fingerprint density at radius 3 is 2.18 bits per heavy atom. The second-order valence-electron chi connectivity index (χ2n) is 5.27. The number of hydrogen-bond acceptors (Lipinski definition) is 3. The van der Waals surface area contributed by atoms with Gasteiger partial charge in [-0.25, -0.2) is 4.98 Å². The maximum Gasteiger partial charge on any atom is 0.128 e. The van der Waals surface area contributed by atoms with Gasteiger partial charge in [0.2, 0.25) is 0 Å². The molecule has 0 fully saturated rings. The van der Waals surface area contributed by atoms with Crippen molar-refractivity contribution < 1.29 is 5.11 Å². The molecule has 1 aromatic heterocycles. The van der Waals surface area contributed by atoms with Gasteiger partial charge in [-0.05, 0) is 38.3 Å². The van der Waals surface area contributed by atoms with Gasteiger partial charge in [0, 0.05) is 18.8 Å². The van der Waals surface area contributed by atoms with Crippen LogP contribution >= 0.6 is 0 Å². The van der Waals surface area contributed by atoms with Crippen molar-refractivity contribution in [2.75, 3.05) is 11.4 Å². The van der Waals surface area contributed by atoms with Crippen LogP contribution in [0.4, 0.5) is 5.82 Å². The highest BCUT2D eigenvalue weighted by Gasteiger charge is 2.13. The van der Waals surface area contributed by atoms with Crippen molar-refractivity contribution in [3.05, 3.63) is 23.9 Å². The first-order chi connectivity index (χ1) is 7.91. The highest BCUT2D eigenvalue weighted by atomic mass is 16.3. The van der Waals surface area contributed by atoms with Crippen molar-refractivity contribution in [2.24, 2.45) is 5.92 Å². The molecular formula is C14H24N2O. The van der Waals surface area contributed by atoms with E-state index in [4.69, 9.17) is 0 Å². The number of rotatable bonds is 5. The zero-order chi connectivity index (χ0) is 13.0. The predicted octanol–water partition coefficient (Wildman–Crippen LogP) is 3.01. The molecule has 1 unspecified atom stereocenters.